The van der Waals surface area contributed by atoms with Crippen LogP contribution < -0.4 is 20.1 Å². The van der Waals surface area contributed by atoms with Gasteiger partial charge in [-0.2, -0.15) is 10.1 Å². The van der Waals surface area contributed by atoms with Gasteiger partial charge in [0.05, 0.1) is 19.6 Å². The maximum Gasteiger partial charge on any atom is 0.262 e. The van der Waals surface area contributed by atoms with Crippen molar-refractivity contribution in [2.75, 3.05) is 24.4 Å². The minimum Gasteiger partial charge on any atom is -0.497 e. The van der Waals surface area contributed by atoms with E-state index < -0.39 is 6.04 Å². The molecule has 0 spiro atoms. The minimum atomic E-state index is -0.395. The SMILES string of the molecule is COc1ccc(NC(=O)COc2ccc(Br)cc2[C@H]2CC(=O)Nc3ncnn32)cc1. The van der Waals surface area contributed by atoms with Gasteiger partial charge in [0, 0.05) is 15.7 Å². The fourth-order valence-corrected chi connectivity index (χ4v) is 3.55. The Bertz CT molecular complexity index is 1080. The molecular formula is C20H18BrN5O4. The number of carbonyl (C=O) groups is 2. The third kappa shape index (κ3) is 4.28. The van der Waals surface area contributed by atoms with Gasteiger partial charge < -0.3 is 14.8 Å². The van der Waals surface area contributed by atoms with Gasteiger partial charge in [-0.1, -0.05) is 15.9 Å². The summed E-state index contributed by atoms with van der Waals surface area (Å²) in [5.74, 6) is 1.09. The van der Waals surface area contributed by atoms with Gasteiger partial charge in [0.2, 0.25) is 11.9 Å². The summed E-state index contributed by atoms with van der Waals surface area (Å²) in [7, 11) is 1.58. The highest BCUT2D eigenvalue weighted by molar-refractivity contribution is 9.10. The lowest BCUT2D eigenvalue weighted by Gasteiger charge is -2.25. The molecule has 1 aliphatic rings. The zero-order valence-corrected chi connectivity index (χ0v) is 17.5. The molecule has 30 heavy (non-hydrogen) atoms. The molecule has 0 saturated heterocycles. The van der Waals surface area contributed by atoms with Crippen LogP contribution in [0.25, 0.3) is 0 Å². The first-order valence-corrected chi connectivity index (χ1v) is 9.88. The number of aromatic nitrogens is 3. The summed E-state index contributed by atoms with van der Waals surface area (Å²) in [5, 5.41) is 9.67. The van der Waals surface area contributed by atoms with Crippen molar-refractivity contribution in [1.82, 2.24) is 14.8 Å². The molecule has 10 heteroatoms. The average molecular weight is 472 g/mol. The second-order valence-electron chi connectivity index (χ2n) is 6.54. The summed E-state index contributed by atoms with van der Waals surface area (Å²) in [6.07, 6.45) is 1.57. The number of hydrogen-bond acceptors (Lipinski definition) is 6. The number of nitrogens with one attached hydrogen (secondary N) is 2. The van der Waals surface area contributed by atoms with Crippen LogP contribution in [-0.4, -0.2) is 40.3 Å². The highest BCUT2D eigenvalue weighted by Crippen LogP contribution is 2.36. The number of hydrogen-bond donors (Lipinski definition) is 2. The van der Waals surface area contributed by atoms with Crippen molar-refractivity contribution in [3.63, 3.8) is 0 Å². The highest BCUT2D eigenvalue weighted by Gasteiger charge is 2.30. The molecule has 2 amide bonds. The van der Waals surface area contributed by atoms with Gasteiger partial charge in [-0.05, 0) is 42.5 Å². The number of nitrogens with zero attached hydrogens (tertiary/aromatic N) is 3. The predicted octanol–water partition coefficient (Wildman–Crippen LogP) is 3.00. The van der Waals surface area contributed by atoms with Crippen LogP contribution in [0.1, 0.15) is 18.0 Å². The molecule has 2 N–H and O–H groups in total. The fraction of sp³-hybridized carbons (Fsp3) is 0.200. The summed E-state index contributed by atoms with van der Waals surface area (Å²) in [6, 6.07) is 12.0. The number of amides is 2. The monoisotopic (exact) mass is 471 g/mol. The molecule has 2 aromatic carbocycles. The van der Waals surface area contributed by atoms with Gasteiger partial charge >= 0.3 is 0 Å². The zero-order valence-electron chi connectivity index (χ0n) is 16.0. The smallest absolute Gasteiger partial charge is 0.262 e. The number of fused-ring (bicyclic) bond motifs is 1. The zero-order chi connectivity index (χ0) is 21.1. The van der Waals surface area contributed by atoms with Crippen molar-refractivity contribution in [3.8, 4) is 11.5 Å². The van der Waals surface area contributed by atoms with Gasteiger partial charge in [-0.25, -0.2) is 4.68 Å². The summed E-state index contributed by atoms with van der Waals surface area (Å²) < 4.78 is 13.4. The Balaban J connectivity index is 1.50. The molecule has 9 nitrogen and oxygen atoms in total. The number of ether oxygens (including phenoxy) is 2. The van der Waals surface area contributed by atoms with Crippen LogP contribution in [-0.2, 0) is 9.59 Å². The van der Waals surface area contributed by atoms with Gasteiger partial charge in [-0.3, -0.25) is 14.9 Å². The molecule has 2 heterocycles. The van der Waals surface area contributed by atoms with E-state index in [1.807, 2.05) is 12.1 Å². The quantitative estimate of drug-likeness (QED) is 0.572. The lowest BCUT2D eigenvalue weighted by molar-refractivity contribution is -0.118. The average Bonchev–Trinajstić information content (AvgIpc) is 3.21. The van der Waals surface area contributed by atoms with E-state index in [9.17, 15) is 9.59 Å². The van der Waals surface area contributed by atoms with Crippen molar-refractivity contribution in [2.45, 2.75) is 12.5 Å². The molecule has 1 aliphatic heterocycles. The van der Waals surface area contributed by atoms with E-state index in [1.54, 1.807) is 42.1 Å². The molecule has 3 aromatic rings. The second-order valence-corrected chi connectivity index (χ2v) is 7.46. The third-order valence-electron chi connectivity index (χ3n) is 4.56. The summed E-state index contributed by atoms with van der Waals surface area (Å²) in [6.45, 7) is -0.191. The van der Waals surface area contributed by atoms with Gasteiger partial charge in [-0.15, -0.1) is 0 Å². The van der Waals surface area contributed by atoms with Crippen LogP contribution >= 0.6 is 15.9 Å². The van der Waals surface area contributed by atoms with E-state index in [-0.39, 0.29) is 24.8 Å². The van der Waals surface area contributed by atoms with Crippen molar-refractivity contribution in [3.05, 3.63) is 58.8 Å². The maximum absolute atomic E-state index is 12.3. The Morgan fingerprint density at radius 2 is 2.10 bits per heavy atom. The number of rotatable bonds is 6. The normalized spacial score (nSPS) is 15.1. The predicted molar refractivity (Wildman–Crippen MR) is 113 cm³/mol. The fourth-order valence-electron chi connectivity index (χ4n) is 3.17. The molecule has 1 atom stereocenters. The molecule has 0 bridgehead atoms. The number of halogens is 1. The minimum absolute atomic E-state index is 0.163. The topological polar surface area (TPSA) is 107 Å². The van der Waals surface area contributed by atoms with Crippen molar-refractivity contribution >= 4 is 39.4 Å². The molecule has 4 rings (SSSR count). The Kier molecular flexibility index (Phi) is 5.66. The van der Waals surface area contributed by atoms with Crippen molar-refractivity contribution in [1.29, 1.82) is 0 Å². The molecule has 0 aliphatic carbocycles. The van der Waals surface area contributed by atoms with E-state index in [0.29, 0.717) is 23.1 Å². The highest BCUT2D eigenvalue weighted by atomic mass is 79.9. The Morgan fingerprint density at radius 3 is 2.87 bits per heavy atom. The molecular weight excluding hydrogens is 454 g/mol. The van der Waals surface area contributed by atoms with Crippen LogP contribution in [0.4, 0.5) is 11.6 Å². The number of anilines is 2. The van der Waals surface area contributed by atoms with E-state index >= 15 is 0 Å². The van der Waals surface area contributed by atoms with Gasteiger partial charge in [0.15, 0.2) is 6.61 Å². The third-order valence-corrected chi connectivity index (χ3v) is 5.05. The van der Waals surface area contributed by atoms with Crippen LogP contribution in [0.15, 0.2) is 53.3 Å². The van der Waals surface area contributed by atoms with Gasteiger partial charge in [0.25, 0.3) is 5.91 Å². The lowest BCUT2D eigenvalue weighted by Crippen LogP contribution is -2.30. The van der Waals surface area contributed by atoms with Crippen LogP contribution in [0.3, 0.4) is 0 Å². The van der Waals surface area contributed by atoms with Crippen LogP contribution in [0.2, 0.25) is 0 Å². The number of methoxy groups -OCH3 is 1. The molecule has 154 valence electrons. The first kappa shape index (κ1) is 19.9. The molecule has 0 radical (unpaired) electrons. The summed E-state index contributed by atoms with van der Waals surface area (Å²) >= 11 is 3.45. The van der Waals surface area contributed by atoms with Crippen molar-refractivity contribution < 1.29 is 19.1 Å². The van der Waals surface area contributed by atoms with Crippen LogP contribution in [0, 0.1) is 0 Å². The van der Waals surface area contributed by atoms with E-state index in [1.165, 1.54) is 6.33 Å². The number of benzene rings is 2. The Labute approximate surface area is 180 Å². The standard InChI is InChI=1S/C20H18BrN5O4/c1-29-14-5-3-13(4-6-14)24-19(28)10-30-17-7-2-12(21)8-15(17)16-9-18(27)25-20-22-11-23-26(16)20/h2-8,11,16H,9-10H2,1H3,(H,24,28)(H,22,23,25,27)/t16-/m1/s1. The van der Waals surface area contributed by atoms with E-state index in [0.717, 1.165) is 10.0 Å². The summed E-state index contributed by atoms with van der Waals surface area (Å²) in [4.78, 5) is 28.5. The van der Waals surface area contributed by atoms with Gasteiger partial charge in [0.1, 0.15) is 17.8 Å². The summed E-state index contributed by atoms with van der Waals surface area (Å²) in [5.41, 5.74) is 1.36. The number of carbonyl (C=O) groups excluding carboxylic acids is 2. The Morgan fingerprint density at radius 1 is 1.30 bits per heavy atom. The van der Waals surface area contributed by atoms with Crippen molar-refractivity contribution in [2.24, 2.45) is 0 Å². The first-order valence-electron chi connectivity index (χ1n) is 9.09. The van der Waals surface area contributed by atoms with Crippen LogP contribution in [0.5, 0.6) is 11.5 Å². The van der Waals surface area contributed by atoms with E-state index in [2.05, 4.69) is 36.6 Å². The largest absolute Gasteiger partial charge is 0.497 e. The molecule has 1 aromatic heterocycles. The molecule has 0 unspecified atom stereocenters. The second kappa shape index (κ2) is 8.54. The molecule has 0 fully saturated rings. The Hall–Kier alpha value is -3.40. The lowest BCUT2D eigenvalue weighted by atomic mass is 10.0. The maximum atomic E-state index is 12.3. The van der Waals surface area contributed by atoms with E-state index in [4.69, 9.17) is 9.47 Å². The molecule has 0 saturated carbocycles. The first-order chi connectivity index (χ1) is 14.5.